The van der Waals surface area contributed by atoms with Crippen molar-refractivity contribution in [1.82, 2.24) is 4.31 Å². The van der Waals surface area contributed by atoms with E-state index in [0.717, 1.165) is 4.31 Å². The number of amides is 1. The Hall–Kier alpha value is -1.60. The summed E-state index contributed by atoms with van der Waals surface area (Å²) in [4.78, 5) is 11.0. The molecule has 0 spiro atoms. The molecule has 1 amide bonds. The average Bonchev–Trinajstić information content (AvgIpc) is 2.26. The Morgan fingerprint density at radius 1 is 1.32 bits per heavy atom. The highest BCUT2D eigenvalue weighted by atomic mass is 32.2. The first-order valence-corrected chi connectivity index (χ1v) is 7.04. The van der Waals surface area contributed by atoms with Crippen LogP contribution in [-0.2, 0) is 14.8 Å². The minimum absolute atomic E-state index is 0.178. The molecule has 0 atom stereocenters. The van der Waals surface area contributed by atoms with Crippen molar-refractivity contribution in [3.63, 3.8) is 0 Å². The normalized spacial score (nSPS) is 11.6. The van der Waals surface area contributed by atoms with Crippen molar-refractivity contribution in [3.05, 3.63) is 23.3 Å². The van der Waals surface area contributed by atoms with Crippen LogP contribution in [0.1, 0.15) is 11.1 Å². The van der Waals surface area contributed by atoms with Gasteiger partial charge < -0.3 is 10.5 Å². The summed E-state index contributed by atoms with van der Waals surface area (Å²) in [6.07, 6.45) is 0. The van der Waals surface area contributed by atoms with Gasteiger partial charge >= 0.3 is 0 Å². The molecule has 0 aliphatic carbocycles. The zero-order chi connectivity index (χ0) is 14.8. The lowest BCUT2D eigenvalue weighted by Gasteiger charge is -2.19. The molecular formula is C12H18N2O4S. The number of methoxy groups -OCH3 is 1. The highest BCUT2D eigenvalue weighted by molar-refractivity contribution is 7.89. The summed E-state index contributed by atoms with van der Waals surface area (Å²) in [5, 5.41) is 0. The largest absolute Gasteiger partial charge is 0.497 e. The lowest BCUT2D eigenvalue weighted by Crippen LogP contribution is -2.36. The predicted octanol–water partition coefficient (Wildman–Crippen LogP) is 0.418. The summed E-state index contributed by atoms with van der Waals surface area (Å²) in [6, 6.07) is 3.27. The van der Waals surface area contributed by atoms with Crippen molar-refractivity contribution in [2.75, 3.05) is 20.7 Å². The van der Waals surface area contributed by atoms with Crippen molar-refractivity contribution >= 4 is 15.9 Å². The molecule has 0 aromatic heterocycles. The molecule has 0 bridgehead atoms. The fourth-order valence-corrected chi connectivity index (χ4v) is 3.44. The summed E-state index contributed by atoms with van der Waals surface area (Å²) < 4.78 is 30.8. The standard InChI is InChI=1S/C12H18N2O4S/c1-8-5-10(18-4)6-9(2)12(8)19(16,17)14(3)7-11(13)15/h5-6H,7H2,1-4H3,(H2,13,15). The van der Waals surface area contributed by atoms with E-state index in [-0.39, 0.29) is 11.4 Å². The van der Waals surface area contributed by atoms with E-state index in [9.17, 15) is 13.2 Å². The molecular weight excluding hydrogens is 268 g/mol. The van der Waals surface area contributed by atoms with Gasteiger partial charge in [-0.25, -0.2) is 8.42 Å². The first kappa shape index (κ1) is 15.5. The number of aryl methyl sites for hydroxylation is 2. The lowest BCUT2D eigenvalue weighted by atomic mass is 10.1. The first-order valence-electron chi connectivity index (χ1n) is 5.60. The summed E-state index contributed by atoms with van der Waals surface area (Å²) >= 11 is 0. The number of ether oxygens (including phenoxy) is 1. The molecule has 0 radical (unpaired) electrons. The van der Waals surface area contributed by atoms with Crippen molar-refractivity contribution in [2.24, 2.45) is 5.73 Å². The van der Waals surface area contributed by atoms with Crippen LogP contribution in [-0.4, -0.2) is 39.3 Å². The quantitative estimate of drug-likeness (QED) is 0.849. The minimum Gasteiger partial charge on any atom is -0.497 e. The third kappa shape index (κ3) is 3.24. The number of benzene rings is 1. The number of likely N-dealkylation sites (N-methyl/N-ethyl adjacent to an activating group) is 1. The van der Waals surface area contributed by atoms with Gasteiger partial charge in [-0.05, 0) is 37.1 Å². The highest BCUT2D eigenvalue weighted by Crippen LogP contribution is 2.27. The van der Waals surface area contributed by atoms with Crippen LogP contribution in [0.5, 0.6) is 5.75 Å². The number of nitrogens with two attached hydrogens (primary N) is 1. The van der Waals surface area contributed by atoms with Crippen LogP contribution in [0.3, 0.4) is 0 Å². The van der Waals surface area contributed by atoms with Crippen LogP contribution in [0, 0.1) is 13.8 Å². The average molecular weight is 286 g/mol. The van der Waals surface area contributed by atoms with Crippen molar-refractivity contribution in [2.45, 2.75) is 18.7 Å². The number of carbonyl (C=O) groups is 1. The zero-order valence-corrected chi connectivity index (χ0v) is 12.2. The van der Waals surface area contributed by atoms with Gasteiger partial charge in [0.25, 0.3) is 0 Å². The number of sulfonamides is 1. The number of carbonyl (C=O) groups excluding carboxylic acids is 1. The Labute approximate surface area is 113 Å². The van der Waals surface area contributed by atoms with Crippen LogP contribution >= 0.6 is 0 Å². The van der Waals surface area contributed by atoms with Crippen LogP contribution in [0.15, 0.2) is 17.0 Å². The first-order chi connectivity index (χ1) is 8.70. The van der Waals surface area contributed by atoms with Crippen LogP contribution < -0.4 is 10.5 Å². The summed E-state index contributed by atoms with van der Waals surface area (Å²) in [6.45, 7) is 3.01. The molecule has 7 heteroatoms. The predicted molar refractivity (Wildman–Crippen MR) is 71.5 cm³/mol. The molecule has 1 aromatic carbocycles. The Morgan fingerprint density at radius 3 is 2.16 bits per heavy atom. The molecule has 0 aliphatic heterocycles. The third-order valence-electron chi connectivity index (χ3n) is 2.72. The number of hydrogen-bond donors (Lipinski definition) is 1. The molecule has 1 aromatic rings. The molecule has 0 unspecified atom stereocenters. The monoisotopic (exact) mass is 286 g/mol. The topological polar surface area (TPSA) is 89.7 Å². The van der Waals surface area contributed by atoms with Gasteiger partial charge in [0.2, 0.25) is 15.9 Å². The molecule has 0 heterocycles. The van der Waals surface area contributed by atoms with Crippen LogP contribution in [0.2, 0.25) is 0 Å². The van der Waals surface area contributed by atoms with E-state index in [4.69, 9.17) is 10.5 Å². The smallest absolute Gasteiger partial charge is 0.243 e. The number of rotatable bonds is 5. The van der Waals surface area contributed by atoms with E-state index < -0.39 is 15.9 Å². The zero-order valence-electron chi connectivity index (χ0n) is 11.4. The number of hydrogen-bond acceptors (Lipinski definition) is 4. The molecule has 0 aliphatic rings. The van der Waals surface area contributed by atoms with Crippen LogP contribution in [0.25, 0.3) is 0 Å². The SMILES string of the molecule is COc1cc(C)c(S(=O)(=O)N(C)CC(N)=O)c(C)c1. The molecule has 0 saturated heterocycles. The number of nitrogens with zero attached hydrogens (tertiary/aromatic N) is 1. The Balaban J connectivity index is 3.33. The second-order valence-electron chi connectivity index (χ2n) is 4.32. The summed E-state index contributed by atoms with van der Waals surface area (Å²) in [7, 11) is -0.905. The van der Waals surface area contributed by atoms with E-state index in [0.29, 0.717) is 16.9 Å². The van der Waals surface area contributed by atoms with Gasteiger partial charge in [-0.2, -0.15) is 4.31 Å². The Bertz CT molecular complexity index is 573. The van der Waals surface area contributed by atoms with Gasteiger partial charge in [0.15, 0.2) is 0 Å². The van der Waals surface area contributed by atoms with Gasteiger partial charge in [-0.3, -0.25) is 4.79 Å². The van der Waals surface area contributed by atoms with E-state index in [1.807, 2.05) is 0 Å². The molecule has 6 nitrogen and oxygen atoms in total. The van der Waals surface area contributed by atoms with Crippen LogP contribution in [0.4, 0.5) is 0 Å². The fraction of sp³-hybridized carbons (Fsp3) is 0.417. The van der Waals surface area contributed by atoms with Gasteiger partial charge in [-0.1, -0.05) is 0 Å². The molecule has 19 heavy (non-hydrogen) atoms. The maximum Gasteiger partial charge on any atom is 0.243 e. The highest BCUT2D eigenvalue weighted by Gasteiger charge is 2.26. The number of primary amides is 1. The minimum atomic E-state index is -3.74. The maximum atomic E-state index is 12.4. The van der Waals surface area contributed by atoms with Crippen molar-refractivity contribution in [3.8, 4) is 5.75 Å². The van der Waals surface area contributed by atoms with E-state index >= 15 is 0 Å². The van der Waals surface area contributed by atoms with E-state index in [2.05, 4.69) is 0 Å². The Kier molecular flexibility index (Phi) is 4.54. The molecule has 2 N–H and O–H groups in total. The lowest BCUT2D eigenvalue weighted by molar-refractivity contribution is -0.118. The van der Waals surface area contributed by atoms with Gasteiger partial charge in [0.05, 0.1) is 18.6 Å². The molecule has 0 saturated carbocycles. The summed E-state index contributed by atoms with van der Waals surface area (Å²) in [5.41, 5.74) is 6.15. The van der Waals surface area contributed by atoms with E-state index in [1.165, 1.54) is 14.2 Å². The van der Waals surface area contributed by atoms with Crippen molar-refractivity contribution < 1.29 is 17.9 Å². The van der Waals surface area contributed by atoms with Gasteiger partial charge in [0, 0.05) is 7.05 Å². The Morgan fingerprint density at radius 2 is 1.79 bits per heavy atom. The fourth-order valence-electron chi connectivity index (χ4n) is 1.90. The second-order valence-corrected chi connectivity index (χ2v) is 6.30. The molecule has 106 valence electrons. The van der Waals surface area contributed by atoms with E-state index in [1.54, 1.807) is 26.0 Å². The maximum absolute atomic E-state index is 12.4. The second kappa shape index (κ2) is 5.58. The van der Waals surface area contributed by atoms with Gasteiger partial charge in [0.1, 0.15) is 5.75 Å². The summed E-state index contributed by atoms with van der Waals surface area (Å²) in [5.74, 6) is -0.110. The third-order valence-corrected chi connectivity index (χ3v) is 4.83. The molecule has 1 rings (SSSR count). The molecule has 0 fully saturated rings. The van der Waals surface area contributed by atoms with Crippen molar-refractivity contribution in [1.29, 1.82) is 0 Å². The van der Waals surface area contributed by atoms with Gasteiger partial charge in [-0.15, -0.1) is 0 Å².